The third-order valence-corrected chi connectivity index (χ3v) is 5.27. The summed E-state index contributed by atoms with van der Waals surface area (Å²) in [5.41, 5.74) is 2.86. The van der Waals surface area contributed by atoms with Crippen molar-refractivity contribution in [2.45, 2.75) is 46.1 Å². The van der Waals surface area contributed by atoms with Gasteiger partial charge in [-0.15, -0.1) is 0 Å². The molecule has 2 unspecified atom stereocenters. The summed E-state index contributed by atoms with van der Waals surface area (Å²) in [5.74, 6) is 1.62. The topological polar surface area (TPSA) is 75.2 Å². The lowest BCUT2D eigenvalue weighted by molar-refractivity contribution is -0.0586. The molecular formula is C25H34N4O3. The third-order valence-electron chi connectivity index (χ3n) is 5.27. The van der Waals surface area contributed by atoms with Gasteiger partial charge >= 0.3 is 0 Å². The van der Waals surface area contributed by atoms with Crippen LogP contribution in [0.2, 0.25) is 0 Å². The van der Waals surface area contributed by atoms with Gasteiger partial charge in [-0.1, -0.05) is 24.3 Å². The van der Waals surface area contributed by atoms with E-state index in [9.17, 15) is 4.79 Å². The Balaban J connectivity index is 1.57. The van der Waals surface area contributed by atoms with Crippen molar-refractivity contribution in [1.29, 1.82) is 0 Å². The van der Waals surface area contributed by atoms with Crippen molar-refractivity contribution in [2.24, 2.45) is 4.99 Å². The van der Waals surface area contributed by atoms with Gasteiger partial charge in [-0.2, -0.15) is 0 Å². The molecule has 0 spiro atoms. The lowest BCUT2D eigenvalue weighted by Gasteiger charge is -2.35. The number of methoxy groups -OCH3 is 1. The van der Waals surface area contributed by atoms with Crippen LogP contribution in [-0.4, -0.2) is 55.7 Å². The number of benzene rings is 2. The smallest absolute Gasteiger partial charge is 0.254 e. The number of hydrogen-bond donors (Lipinski definition) is 2. The van der Waals surface area contributed by atoms with E-state index in [0.717, 1.165) is 29.4 Å². The Morgan fingerprint density at radius 3 is 2.47 bits per heavy atom. The molecule has 7 heteroatoms. The molecule has 172 valence electrons. The fourth-order valence-corrected chi connectivity index (χ4v) is 3.76. The monoisotopic (exact) mass is 438 g/mol. The molecule has 1 fully saturated rings. The molecule has 2 atom stereocenters. The normalized spacial score (nSPS) is 18.9. The predicted molar refractivity (Wildman–Crippen MR) is 127 cm³/mol. The largest absolute Gasteiger partial charge is 0.497 e. The summed E-state index contributed by atoms with van der Waals surface area (Å²) in [5, 5.41) is 6.62. The number of carbonyl (C=O) groups is 1. The van der Waals surface area contributed by atoms with Gasteiger partial charge in [0.15, 0.2) is 5.96 Å². The summed E-state index contributed by atoms with van der Waals surface area (Å²) in [4.78, 5) is 19.4. The number of nitrogens with zero attached hydrogens (tertiary/aromatic N) is 2. The molecule has 1 amide bonds. The van der Waals surface area contributed by atoms with Crippen molar-refractivity contribution in [3.05, 3.63) is 65.2 Å². The Morgan fingerprint density at radius 1 is 1.09 bits per heavy atom. The van der Waals surface area contributed by atoms with Gasteiger partial charge in [-0.25, -0.2) is 4.99 Å². The fourth-order valence-electron chi connectivity index (χ4n) is 3.76. The third kappa shape index (κ3) is 6.72. The van der Waals surface area contributed by atoms with E-state index in [0.29, 0.717) is 31.7 Å². The predicted octanol–water partition coefficient (Wildman–Crippen LogP) is 3.20. The average molecular weight is 439 g/mol. The first kappa shape index (κ1) is 23.6. The number of amides is 1. The first-order chi connectivity index (χ1) is 15.5. The van der Waals surface area contributed by atoms with Gasteiger partial charge in [0.1, 0.15) is 5.75 Å². The summed E-state index contributed by atoms with van der Waals surface area (Å²) in [6, 6.07) is 15.7. The van der Waals surface area contributed by atoms with Crippen LogP contribution in [-0.2, 0) is 17.8 Å². The number of guanidine groups is 1. The Morgan fingerprint density at radius 2 is 1.81 bits per heavy atom. The maximum atomic E-state index is 12.8. The second kappa shape index (κ2) is 11.5. The molecule has 1 heterocycles. The average Bonchev–Trinajstić information content (AvgIpc) is 2.80. The van der Waals surface area contributed by atoms with Crippen LogP contribution in [0.1, 0.15) is 42.3 Å². The van der Waals surface area contributed by atoms with E-state index in [-0.39, 0.29) is 18.1 Å². The summed E-state index contributed by atoms with van der Waals surface area (Å²) in [6.07, 6.45) is 0.124. The molecule has 2 aromatic rings. The maximum Gasteiger partial charge on any atom is 0.254 e. The van der Waals surface area contributed by atoms with E-state index in [2.05, 4.69) is 15.6 Å². The van der Waals surface area contributed by atoms with Gasteiger partial charge in [0, 0.05) is 31.7 Å². The zero-order valence-electron chi connectivity index (χ0n) is 19.4. The van der Waals surface area contributed by atoms with Crippen LogP contribution in [0.15, 0.2) is 53.5 Å². The highest BCUT2D eigenvalue weighted by molar-refractivity contribution is 5.94. The van der Waals surface area contributed by atoms with Crippen molar-refractivity contribution >= 4 is 11.9 Å². The molecule has 0 radical (unpaired) electrons. The molecule has 1 aliphatic heterocycles. The number of aliphatic imine (C=N–C) groups is 1. The van der Waals surface area contributed by atoms with Crippen LogP contribution >= 0.6 is 0 Å². The van der Waals surface area contributed by atoms with E-state index in [1.807, 2.05) is 74.2 Å². The molecule has 32 heavy (non-hydrogen) atoms. The summed E-state index contributed by atoms with van der Waals surface area (Å²) >= 11 is 0. The number of morpholine rings is 1. The van der Waals surface area contributed by atoms with Crippen molar-refractivity contribution in [3.63, 3.8) is 0 Å². The first-order valence-corrected chi connectivity index (χ1v) is 11.2. The number of hydrogen-bond acceptors (Lipinski definition) is 4. The Kier molecular flexibility index (Phi) is 8.50. The van der Waals surface area contributed by atoms with E-state index < -0.39 is 0 Å². The second-order valence-electron chi connectivity index (χ2n) is 8.06. The lowest BCUT2D eigenvalue weighted by atomic mass is 10.1. The van der Waals surface area contributed by atoms with Crippen molar-refractivity contribution in [3.8, 4) is 5.75 Å². The van der Waals surface area contributed by atoms with E-state index in [1.165, 1.54) is 0 Å². The molecule has 7 nitrogen and oxygen atoms in total. The zero-order chi connectivity index (χ0) is 22.9. The van der Waals surface area contributed by atoms with Gasteiger partial charge < -0.3 is 25.0 Å². The zero-order valence-corrected chi connectivity index (χ0v) is 19.4. The minimum absolute atomic E-state index is 0.0553. The number of carbonyl (C=O) groups excluding carboxylic acids is 1. The van der Waals surface area contributed by atoms with Gasteiger partial charge in [0.25, 0.3) is 5.91 Å². The fraction of sp³-hybridized carbons (Fsp3) is 0.440. The quantitative estimate of drug-likeness (QED) is 0.513. The van der Waals surface area contributed by atoms with Gasteiger partial charge in [0.05, 0.1) is 25.9 Å². The first-order valence-electron chi connectivity index (χ1n) is 11.2. The summed E-state index contributed by atoms with van der Waals surface area (Å²) in [6.45, 7) is 9.24. The molecule has 1 saturated heterocycles. The molecule has 1 aliphatic rings. The van der Waals surface area contributed by atoms with Gasteiger partial charge in [-0.3, -0.25) is 4.79 Å². The van der Waals surface area contributed by atoms with Crippen molar-refractivity contribution in [1.82, 2.24) is 15.5 Å². The molecule has 3 rings (SSSR count). The Hall–Kier alpha value is -3.06. The lowest BCUT2D eigenvalue weighted by Crippen LogP contribution is -2.48. The molecule has 0 bridgehead atoms. The second-order valence-corrected chi connectivity index (χ2v) is 8.06. The number of rotatable bonds is 7. The molecule has 2 N–H and O–H groups in total. The van der Waals surface area contributed by atoms with Crippen molar-refractivity contribution in [2.75, 3.05) is 26.7 Å². The number of ether oxygens (including phenoxy) is 2. The minimum atomic E-state index is 0.0553. The number of nitrogens with one attached hydrogen (secondary N) is 2. The molecule has 0 saturated carbocycles. The van der Waals surface area contributed by atoms with E-state index >= 15 is 0 Å². The maximum absolute atomic E-state index is 12.8. The van der Waals surface area contributed by atoms with Crippen LogP contribution in [0, 0.1) is 0 Å². The summed E-state index contributed by atoms with van der Waals surface area (Å²) < 4.78 is 11.0. The van der Waals surface area contributed by atoms with Crippen molar-refractivity contribution < 1.29 is 14.3 Å². The van der Waals surface area contributed by atoms with Crippen LogP contribution in [0.4, 0.5) is 0 Å². The Labute approximate surface area is 190 Å². The highest BCUT2D eigenvalue weighted by atomic mass is 16.5. The molecule has 2 aromatic carbocycles. The highest BCUT2D eigenvalue weighted by Crippen LogP contribution is 2.15. The molecule has 0 aromatic heterocycles. The molecular weight excluding hydrogens is 404 g/mol. The summed E-state index contributed by atoms with van der Waals surface area (Å²) in [7, 11) is 1.66. The van der Waals surface area contributed by atoms with Gasteiger partial charge in [-0.05, 0) is 56.2 Å². The SMILES string of the molecule is CCNC(=NCc1cccc(OC)c1)NCc1ccc(C(=O)N2CC(C)OC(C)C2)cc1. The van der Waals surface area contributed by atoms with E-state index in [4.69, 9.17) is 9.47 Å². The van der Waals surface area contributed by atoms with Gasteiger partial charge in [0.2, 0.25) is 0 Å². The molecule has 0 aliphatic carbocycles. The minimum Gasteiger partial charge on any atom is -0.497 e. The highest BCUT2D eigenvalue weighted by Gasteiger charge is 2.26. The standard InChI is InChI=1S/C25H34N4O3/c1-5-26-25(28-15-21-7-6-8-23(13-21)31-4)27-14-20-9-11-22(12-10-20)24(30)29-16-18(2)32-19(3)17-29/h6-13,18-19H,5,14-17H2,1-4H3,(H2,26,27,28). The van der Waals surface area contributed by atoms with Crippen LogP contribution in [0.3, 0.4) is 0 Å². The Bertz CT molecular complexity index is 904. The van der Waals surface area contributed by atoms with Crippen LogP contribution in [0.25, 0.3) is 0 Å². The van der Waals surface area contributed by atoms with E-state index in [1.54, 1.807) is 7.11 Å². The van der Waals surface area contributed by atoms with Crippen LogP contribution < -0.4 is 15.4 Å². The van der Waals surface area contributed by atoms with Crippen LogP contribution in [0.5, 0.6) is 5.75 Å².